The zero-order chi connectivity index (χ0) is 16.9. The second kappa shape index (κ2) is 7.76. The molecule has 1 aromatic rings. The lowest BCUT2D eigenvalue weighted by molar-refractivity contribution is -0.117. The van der Waals surface area contributed by atoms with Gasteiger partial charge in [-0.1, -0.05) is 13.8 Å². The predicted molar refractivity (Wildman–Crippen MR) is 93.3 cm³/mol. The van der Waals surface area contributed by atoms with Gasteiger partial charge in [0.05, 0.1) is 13.2 Å². The summed E-state index contributed by atoms with van der Waals surface area (Å²) in [7, 11) is 0. The quantitative estimate of drug-likeness (QED) is 0.669. The molecule has 24 heavy (non-hydrogen) atoms. The van der Waals surface area contributed by atoms with Crippen LogP contribution in [0, 0.1) is 5.92 Å². The summed E-state index contributed by atoms with van der Waals surface area (Å²) in [6.07, 6.45) is 2.53. The summed E-state index contributed by atoms with van der Waals surface area (Å²) >= 11 is 0. The van der Waals surface area contributed by atoms with E-state index < -0.39 is 0 Å². The first kappa shape index (κ1) is 16.9. The number of aromatic nitrogens is 2. The average molecular weight is 334 g/mol. The maximum absolute atomic E-state index is 12.2. The van der Waals surface area contributed by atoms with E-state index in [0.717, 1.165) is 45.8 Å². The molecular formula is C16H26N6O2. The van der Waals surface area contributed by atoms with Crippen LogP contribution in [0.1, 0.15) is 20.3 Å². The van der Waals surface area contributed by atoms with E-state index in [1.54, 1.807) is 0 Å². The number of fused-ring (bicyclic) bond motifs is 1. The maximum Gasteiger partial charge on any atom is 0.247 e. The first-order valence-corrected chi connectivity index (χ1v) is 8.61. The zero-order valence-corrected chi connectivity index (χ0v) is 14.3. The molecule has 1 amide bonds. The highest BCUT2D eigenvalue weighted by Crippen LogP contribution is 2.31. The molecule has 1 unspecified atom stereocenters. The van der Waals surface area contributed by atoms with Crippen molar-refractivity contribution in [2.75, 3.05) is 55.3 Å². The Balaban J connectivity index is 1.55. The van der Waals surface area contributed by atoms with Crippen molar-refractivity contribution in [1.29, 1.82) is 0 Å². The third-order valence-electron chi connectivity index (χ3n) is 4.38. The molecule has 2 aliphatic heterocycles. The van der Waals surface area contributed by atoms with Crippen LogP contribution < -0.4 is 16.0 Å². The van der Waals surface area contributed by atoms with Gasteiger partial charge in [-0.25, -0.2) is 9.97 Å². The Morgan fingerprint density at radius 2 is 2.17 bits per heavy atom. The molecule has 0 aliphatic carbocycles. The Labute approximate surface area is 142 Å². The van der Waals surface area contributed by atoms with E-state index in [-0.39, 0.29) is 17.9 Å². The molecule has 132 valence electrons. The number of nitrogens with one attached hydrogen (secondary N) is 3. The first-order valence-electron chi connectivity index (χ1n) is 8.61. The number of amides is 1. The topological polar surface area (TPSA) is 91.4 Å². The summed E-state index contributed by atoms with van der Waals surface area (Å²) in [6.45, 7) is 9.48. The van der Waals surface area contributed by atoms with Crippen molar-refractivity contribution in [3.05, 3.63) is 6.33 Å². The Kier molecular flexibility index (Phi) is 5.47. The minimum Gasteiger partial charge on any atom is -0.379 e. The number of hydrogen-bond acceptors (Lipinski definition) is 7. The monoisotopic (exact) mass is 334 g/mol. The fraction of sp³-hybridized carbons (Fsp3) is 0.688. The first-order chi connectivity index (χ1) is 11.6. The number of anilines is 3. The van der Waals surface area contributed by atoms with E-state index in [1.807, 2.05) is 13.8 Å². The molecule has 1 saturated heterocycles. The van der Waals surface area contributed by atoms with E-state index in [4.69, 9.17) is 4.74 Å². The van der Waals surface area contributed by atoms with E-state index in [9.17, 15) is 4.79 Å². The van der Waals surface area contributed by atoms with Gasteiger partial charge in [-0.15, -0.1) is 0 Å². The van der Waals surface area contributed by atoms with Crippen molar-refractivity contribution >= 4 is 23.2 Å². The van der Waals surface area contributed by atoms with Gasteiger partial charge in [0.2, 0.25) is 5.91 Å². The molecule has 1 fully saturated rings. The highest BCUT2D eigenvalue weighted by molar-refractivity contribution is 6.04. The molecule has 8 heteroatoms. The van der Waals surface area contributed by atoms with Gasteiger partial charge in [0.15, 0.2) is 11.6 Å². The molecular weight excluding hydrogens is 308 g/mol. The molecule has 2 aliphatic rings. The summed E-state index contributed by atoms with van der Waals surface area (Å²) in [5.41, 5.74) is 0.644. The minimum atomic E-state index is -0.262. The van der Waals surface area contributed by atoms with Gasteiger partial charge in [0.1, 0.15) is 18.1 Å². The standard InChI is InChI=1S/C16H26N6O2/c1-11(2)12-16(23)21-13-14(18-10-19-15(13)20-12)17-4-3-5-22-6-8-24-9-7-22/h10-12H,3-9H2,1-2H3,(H,21,23)(H2,17,18,19,20). The van der Waals surface area contributed by atoms with Crippen LogP contribution in [0.15, 0.2) is 6.33 Å². The van der Waals surface area contributed by atoms with Gasteiger partial charge in [-0.2, -0.15) is 0 Å². The van der Waals surface area contributed by atoms with Crippen LogP contribution in [0.25, 0.3) is 0 Å². The van der Waals surface area contributed by atoms with Crippen molar-refractivity contribution in [3.8, 4) is 0 Å². The number of rotatable bonds is 6. The Morgan fingerprint density at radius 3 is 2.92 bits per heavy atom. The van der Waals surface area contributed by atoms with E-state index in [0.29, 0.717) is 17.3 Å². The maximum atomic E-state index is 12.2. The predicted octanol–water partition coefficient (Wildman–Crippen LogP) is 0.999. The summed E-state index contributed by atoms with van der Waals surface area (Å²) in [5.74, 6) is 1.51. The van der Waals surface area contributed by atoms with E-state index in [1.165, 1.54) is 6.33 Å². The van der Waals surface area contributed by atoms with Gasteiger partial charge in [-0.3, -0.25) is 9.69 Å². The van der Waals surface area contributed by atoms with Crippen molar-refractivity contribution in [2.24, 2.45) is 5.92 Å². The van der Waals surface area contributed by atoms with E-state index >= 15 is 0 Å². The molecule has 1 aromatic heterocycles. The van der Waals surface area contributed by atoms with Crippen LogP contribution in [0.5, 0.6) is 0 Å². The van der Waals surface area contributed by atoms with Crippen LogP contribution >= 0.6 is 0 Å². The van der Waals surface area contributed by atoms with Crippen LogP contribution in [-0.2, 0) is 9.53 Å². The normalized spacial score (nSPS) is 21.1. The fourth-order valence-electron chi connectivity index (χ4n) is 2.96. The van der Waals surface area contributed by atoms with Gasteiger partial charge >= 0.3 is 0 Å². The van der Waals surface area contributed by atoms with Gasteiger partial charge in [0.25, 0.3) is 0 Å². The number of morpholine rings is 1. The summed E-state index contributed by atoms with van der Waals surface area (Å²) in [6, 6.07) is -0.262. The Bertz CT molecular complexity index is 574. The molecule has 1 atom stereocenters. The lowest BCUT2D eigenvalue weighted by Crippen LogP contribution is -2.43. The van der Waals surface area contributed by atoms with Crippen molar-refractivity contribution in [3.63, 3.8) is 0 Å². The lowest BCUT2D eigenvalue weighted by Gasteiger charge is -2.29. The number of ether oxygens (including phenoxy) is 1. The summed E-state index contributed by atoms with van der Waals surface area (Å²) in [4.78, 5) is 23.1. The van der Waals surface area contributed by atoms with Gasteiger partial charge in [0, 0.05) is 19.6 Å². The SMILES string of the molecule is CC(C)C1Nc2ncnc(NCCCN3CCOCC3)c2NC1=O. The molecule has 3 N–H and O–H groups in total. The van der Waals surface area contributed by atoms with Crippen LogP contribution in [-0.4, -0.2) is 66.2 Å². The van der Waals surface area contributed by atoms with Crippen LogP contribution in [0.4, 0.5) is 17.3 Å². The third-order valence-corrected chi connectivity index (χ3v) is 4.38. The summed E-state index contributed by atoms with van der Waals surface area (Å²) in [5, 5.41) is 9.45. The highest BCUT2D eigenvalue weighted by atomic mass is 16.5. The lowest BCUT2D eigenvalue weighted by atomic mass is 10.0. The van der Waals surface area contributed by atoms with Gasteiger partial charge in [-0.05, 0) is 18.9 Å². The van der Waals surface area contributed by atoms with Crippen LogP contribution in [0.3, 0.4) is 0 Å². The average Bonchev–Trinajstić information content (AvgIpc) is 2.59. The number of carbonyl (C=O) groups excluding carboxylic acids is 1. The van der Waals surface area contributed by atoms with Crippen LogP contribution in [0.2, 0.25) is 0 Å². The van der Waals surface area contributed by atoms with Gasteiger partial charge < -0.3 is 20.7 Å². The molecule has 0 spiro atoms. The smallest absolute Gasteiger partial charge is 0.247 e. The third kappa shape index (κ3) is 3.93. The number of nitrogens with zero attached hydrogens (tertiary/aromatic N) is 3. The molecule has 0 bridgehead atoms. The molecule has 0 radical (unpaired) electrons. The van der Waals surface area contributed by atoms with Crippen molar-refractivity contribution in [2.45, 2.75) is 26.3 Å². The fourth-order valence-corrected chi connectivity index (χ4v) is 2.96. The largest absolute Gasteiger partial charge is 0.379 e. The second-order valence-electron chi connectivity index (χ2n) is 6.54. The molecule has 8 nitrogen and oxygen atoms in total. The Morgan fingerprint density at radius 1 is 1.38 bits per heavy atom. The molecule has 3 heterocycles. The minimum absolute atomic E-state index is 0.0383. The molecule has 0 aromatic carbocycles. The summed E-state index contributed by atoms with van der Waals surface area (Å²) < 4.78 is 5.35. The number of hydrogen-bond donors (Lipinski definition) is 3. The highest BCUT2D eigenvalue weighted by Gasteiger charge is 2.30. The number of carbonyl (C=O) groups is 1. The van der Waals surface area contributed by atoms with Crippen molar-refractivity contribution in [1.82, 2.24) is 14.9 Å². The zero-order valence-electron chi connectivity index (χ0n) is 14.3. The molecule has 3 rings (SSSR count). The van der Waals surface area contributed by atoms with Crippen molar-refractivity contribution < 1.29 is 9.53 Å². The molecule has 0 saturated carbocycles. The second-order valence-corrected chi connectivity index (χ2v) is 6.54. The Hall–Kier alpha value is -1.93. The van der Waals surface area contributed by atoms with E-state index in [2.05, 4.69) is 30.8 Å².